The molecule has 55 heavy (non-hydrogen) atoms. The standard InChI is InChI=1S/C26H28ClN7O16S5/c1-34(7-10-51(36,37)11-8-49-54(43,44)45)26-30-24(27)29-25(31-26)28-17-5-6-20-16(13-17)14-21(53(40,41)42)22(23(20)35)33-32-18-3-2-4-19(15-18)52(38,39)12-9-50-55(46,47)48/h2-6,13-15,35H,7-12H2,1H3,(H,40,41,42)(H,43,44,45)(H,46,47,48)(H,28,29,30,31). The van der Waals surface area contributed by atoms with Gasteiger partial charge in [0.05, 0.1) is 41.1 Å². The maximum Gasteiger partial charge on any atom is 0.397 e. The molecule has 0 aliphatic carbocycles. The quantitative estimate of drug-likeness (QED) is 0.0705. The fourth-order valence-corrected chi connectivity index (χ4v) is 8.21. The number of phenolic OH excluding ortho intramolecular Hbond substituents is 1. The molecule has 300 valence electrons. The second-order valence-electron chi connectivity index (χ2n) is 10.9. The van der Waals surface area contributed by atoms with E-state index >= 15 is 0 Å². The minimum atomic E-state index is -5.08. The summed E-state index contributed by atoms with van der Waals surface area (Å²) in [6.07, 6.45) is 0. The summed E-state index contributed by atoms with van der Waals surface area (Å²) in [6.45, 7) is -1.89. The van der Waals surface area contributed by atoms with E-state index in [4.69, 9.17) is 20.7 Å². The van der Waals surface area contributed by atoms with Crippen LogP contribution in [-0.4, -0.2) is 120 Å². The number of aromatic hydroxyl groups is 1. The Balaban J connectivity index is 1.58. The van der Waals surface area contributed by atoms with Crippen molar-refractivity contribution in [2.45, 2.75) is 9.79 Å². The van der Waals surface area contributed by atoms with Crippen LogP contribution in [0.5, 0.6) is 5.75 Å². The molecule has 23 nitrogen and oxygen atoms in total. The number of aromatic nitrogens is 3. The number of fused-ring (bicyclic) bond motifs is 1. The lowest BCUT2D eigenvalue weighted by atomic mass is 10.1. The van der Waals surface area contributed by atoms with Crippen molar-refractivity contribution in [1.29, 1.82) is 0 Å². The van der Waals surface area contributed by atoms with Crippen LogP contribution < -0.4 is 10.2 Å². The predicted octanol–water partition coefficient (Wildman–Crippen LogP) is 2.05. The number of hydrogen-bond acceptors (Lipinski definition) is 20. The second-order valence-corrected chi connectivity index (χ2v) is 19.2. The Morgan fingerprint density at radius 1 is 0.800 bits per heavy atom. The van der Waals surface area contributed by atoms with Crippen molar-refractivity contribution in [2.75, 3.05) is 54.3 Å². The van der Waals surface area contributed by atoms with Crippen LogP contribution in [0.3, 0.4) is 0 Å². The summed E-state index contributed by atoms with van der Waals surface area (Å²) >= 11 is 6.05. The highest BCUT2D eigenvalue weighted by Gasteiger charge is 2.23. The van der Waals surface area contributed by atoms with Crippen LogP contribution >= 0.6 is 11.6 Å². The maximum absolute atomic E-state index is 12.6. The molecule has 0 unspecified atom stereocenters. The molecule has 0 atom stereocenters. The Morgan fingerprint density at radius 2 is 1.45 bits per heavy atom. The molecule has 0 fully saturated rings. The van der Waals surface area contributed by atoms with Crippen molar-refractivity contribution in [3.8, 4) is 5.75 Å². The van der Waals surface area contributed by atoms with Gasteiger partial charge in [-0.2, -0.15) is 45.3 Å². The molecule has 0 radical (unpaired) electrons. The van der Waals surface area contributed by atoms with Crippen LogP contribution in [0.2, 0.25) is 5.28 Å². The van der Waals surface area contributed by atoms with E-state index in [0.717, 1.165) is 18.2 Å². The minimum Gasteiger partial charge on any atom is -0.505 e. The van der Waals surface area contributed by atoms with Gasteiger partial charge in [-0.05, 0) is 59.5 Å². The fraction of sp³-hybridized carbons (Fsp3) is 0.269. The molecule has 0 aliphatic rings. The van der Waals surface area contributed by atoms with E-state index in [-0.39, 0.29) is 50.8 Å². The first-order valence-corrected chi connectivity index (χ1v) is 22.7. The summed E-state index contributed by atoms with van der Waals surface area (Å²) < 4.78 is 153. The summed E-state index contributed by atoms with van der Waals surface area (Å²) in [6, 6.07) is 9.66. The zero-order valence-electron chi connectivity index (χ0n) is 27.7. The van der Waals surface area contributed by atoms with Crippen LogP contribution in [0, 0.1) is 0 Å². The van der Waals surface area contributed by atoms with Gasteiger partial charge in [0.25, 0.3) is 10.1 Å². The van der Waals surface area contributed by atoms with Crippen molar-refractivity contribution in [2.24, 2.45) is 10.2 Å². The molecule has 3 aromatic carbocycles. The molecule has 0 bridgehead atoms. The molecular weight excluding hydrogens is 862 g/mol. The molecule has 4 rings (SSSR count). The summed E-state index contributed by atoms with van der Waals surface area (Å²) in [5, 5.41) is 21.1. The van der Waals surface area contributed by atoms with Crippen molar-refractivity contribution < 1.29 is 69.2 Å². The molecule has 1 aromatic heterocycles. The molecule has 0 amide bonds. The topological polar surface area (TPSA) is 349 Å². The summed E-state index contributed by atoms with van der Waals surface area (Å²) in [7, 11) is -21.4. The Hall–Kier alpha value is -4.23. The molecule has 0 saturated carbocycles. The molecular formula is C26H28ClN7O16S5. The van der Waals surface area contributed by atoms with Crippen molar-refractivity contribution in [3.63, 3.8) is 0 Å². The van der Waals surface area contributed by atoms with E-state index in [2.05, 4.69) is 38.9 Å². The second kappa shape index (κ2) is 16.9. The van der Waals surface area contributed by atoms with Gasteiger partial charge in [0.2, 0.25) is 17.2 Å². The minimum absolute atomic E-state index is 0.0133. The number of anilines is 3. The van der Waals surface area contributed by atoms with Gasteiger partial charge in [0, 0.05) is 24.7 Å². The number of nitrogens with one attached hydrogen (secondary N) is 1. The van der Waals surface area contributed by atoms with Crippen LogP contribution in [0.25, 0.3) is 10.8 Å². The molecule has 0 saturated heterocycles. The first kappa shape index (κ1) is 43.5. The third kappa shape index (κ3) is 12.9. The number of hydrogen-bond donors (Lipinski definition) is 5. The number of benzene rings is 3. The third-order valence-electron chi connectivity index (χ3n) is 6.91. The van der Waals surface area contributed by atoms with Crippen molar-refractivity contribution >= 4 is 102 Å². The number of rotatable bonds is 18. The molecule has 4 aromatic rings. The number of azo groups is 1. The summed E-state index contributed by atoms with van der Waals surface area (Å²) in [4.78, 5) is 12.1. The van der Waals surface area contributed by atoms with E-state index in [0.29, 0.717) is 0 Å². The van der Waals surface area contributed by atoms with Gasteiger partial charge < -0.3 is 15.3 Å². The van der Waals surface area contributed by atoms with Crippen LogP contribution in [0.15, 0.2) is 68.6 Å². The lowest BCUT2D eigenvalue weighted by molar-refractivity contribution is 0.282. The average molecular weight is 890 g/mol. The normalized spacial score (nSPS) is 13.0. The van der Waals surface area contributed by atoms with Crippen LogP contribution in [0.1, 0.15) is 0 Å². The van der Waals surface area contributed by atoms with Gasteiger partial charge >= 0.3 is 20.8 Å². The molecule has 5 N–H and O–H groups in total. The predicted molar refractivity (Wildman–Crippen MR) is 193 cm³/mol. The SMILES string of the molecule is CN(CCS(=O)(=O)CCOS(=O)(=O)O)c1nc(Cl)nc(Nc2ccc3c(O)c(N=Nc4cccc(S(=O)(=O)CCOS(=O)(=O)O)c4)c(S(=O)(=O)O)cc3c2)n1. The zero-order chi connectivity index (χ0) is 41.0. The lowest BCUT2D eigenvalue weighted by Gasteiger charge is -2.18. The fourth-order valence-electron chi connectivity index (χ4n) is 4.38. The first-order chi connectivity index (χ1) is 25.3. The molecule has 1 heterocycles. The first-order valence-electron chi connectivity index (χ1n) is 14.7. The van der Waals surface area contributed by atoms with Gasteiger partial charge in [0.15, 0.2) is 25.4 Å². The summed E-state index contributed by atoms with van der Waals surface area (Å²) in [5.74, 6) is -3.07. The van der Waals surface area contributed by atoms with Gasteiger partial charge in [-0.15, -0.1) is 5.11 Å². The number of sulfone groups is 2. The van der Waals surface area contributed by atoms with E-state index < -0.39 is 97.4 Å². The van der Waals surface area contributed by atoms with Crippen LogP contribution in [0.4, 0.5) is 29.0 Å². The molecule has 29 heteroatoms. The highest BCUT2D eigenvalue weighted by molar-refractivity contribution is 7.91. The van der Waals surface area contributed by atoms with Crippen LogP contribution in [-0.2, 0) is 59.0 Å². The highest BCUT2D eigenvalue weighted by Crippen LogP contribution is 2.42. The Morgan fingerprint density at radius 3 is 2.09 bits per heavy atom. The van der Waals surface area contributed by atoms with E-state index in [1.54, 1.807) is 0 Å². The van der Waals surface area contributed by atoms with Gasteiger partial charge in [-0.1, -0.05) is 6.07 Å². The number of phenols is 1. The van der Waals surface area contributed by atoms with Gasteiger partial charge in [-0.3, -0.25) is 13.7 Å². The molecule has 0 aliphatic heterocycles. The highest BCUT2D eigenvalue weighted by atomic mass is 35.5. The number of nitrogens with zero attached hydrogens (tertiary/aromatic N) is 6. The van der Waals surface area contributed by atoms with Crippen molar-refractivity contribution in [1.82, 2.24) is 15.0 Å². The monoisotopic (exact) mass is 889 g/mol. The largest absolute Gasteiger partial charge is 0.505 e. The Kier molecular flexibility index (Phi) is 13.3. The van der Waals surface area contributed by atoms with Gasteiger partial charge in [0.1, 0.15) is 10.6 Å². The average Bonchev–Trinajstić information content (AvgIpc) is 3.04. The number of halogens is 1. The smallest absolute Gasteiger partial charge is 0.397 e. The van der Waals surface area contributed by atoms with E-state index in [9.17, 15) is 51.7 Å². The maximum atomic E-state index is 12.6. The summed E-state index contributed by atoms with van der Waals surface area (Å²) in [5.41, 5.74) is -0.680. The lowest BCUT2D eigenvalue weighted by Crippen LogP contribution is -2.29. The Labute approximate surface area is 318 Å². The Bertz CT molecular complexity index is 2700. The van der Waals surface area contributed by atoms with E-state index in [1.807, 2.05) is 0 Å². The van der Waals surface area contributed by atoms with Crippen molar-refractivity contribution in [3.05, 3.63) is 53.8 Å². The van der Waals surface area contributed by atoms with E-state index in [1.165, 1.54) is 42.3 Å². The zero-order valence-corrected chi connectivity index (χ0v) is 32.5. The third-order valence-corrected chi connectivity index (χ3v) is 12.1. The molecule has 0 spiro atoms. The van der Waals surface area contributed by atoms with Gasteiger partial charge in [-0.25, -0.2) is 25.2 Å².